The fourth-order valence-corrected chi connectivity index (χ4v) is 4.40. The summed E-state index contributed by atoms with van der Waals surface area (Å²) in [6.07, 6.45) is -9.49. The Morgan fingerprint density at radius 2 is 1.56 bits per heavy atom. The SMILES string of the molecule is O=C(CSc1nnc(CNC(=O)c2ccccc2C(F)(F)F)n1-c1cccc(C(F)(F)F)c1)Nc1ccc(F)cc1. The molecule has 214 valence electrons. The van der Waals surface area contributed by atoms with E-state index in [0.29, 0.717) is 5.69 Å². The highest BCUT2D eigenvalue weighted by Crippen LogP contribution is 2.33. The molecule has 4 aromatic rings. The van der Waals surface area contributed by atoms with Gasteiger partial charge in [-0.25, -0.2) is 4.39 Å². The van der Waals surface area contributed by atoms with E-state index >= 15 is 0 Å². The van der Waals surface area contributed by atoms with Crippen LogP contribution in [0.3, 0.4) is 0 Å². The minimum atomic E-state index is -4.80. The normalized spacial score (nSPS) is 11.8. The molecule has 0 unspecified atom stereocenters. The lowest BCUT2D eigenvalue weighted by Gasteiger charge is -2.15. The van der Waals surface area contributed by atoms with Crippen LogP contribution >= 0.6 is 11.8 Å². The molecule has 1 heterocycles. The number of anilines is 1. The van der Waals surface area contributed by atoms with Crippen molar-refractivity contribution >= 4 is 29.3 Å². The minimum absolute atomic E-state index is 0.0291. The van der Waals surface area contributed by atoms with E-state index in [1.807, 2.05) is 0 Å². The number of nitrogens with zero attached hydrogens (tertiary/aromatic N) is 3. The summed E-state index contributed by atoms with van der Waals surface area (Å²) in [7, 11) is 0. The third kappa shape index (κ3) is 7.42. The van der Waals surface area contributed by atoms with Gasteiger partial charge in [-0.1, -0.05) is 30.0 Å². The summed E-state index contributed by atoms with van der Waals surface area (Å²) in [5.41, 5.74) is -2.58. The van der Waals surface area contributed by atoms with E-state index in [9.17, 15) is 40.3 Å². The van der Waals surface area contributed by atoms with E-state index in [1.54, 1.807) is 0 Å². The Balaban J connectivity index is 1.59. The van der Waals surface area contributed by atoms with Crippen molar-refractivity contribution in [2.24, 2.45) is 0 Å². The van der Waals surface area contributed by atoms with Gasteiger partial charge >= 0.3 is 12.4 Å². The highest BCUT2D eigenvalue weighted by Gasteiger charge is 2.35. The summed E-state index contributed by atoms with van der Waals surface area (Å²) in [4.78, 5) is 25.1. The number of carbonyl (C=O) groups excluding carboxylic acids is 2. The second-order valence-corrected chi connectivity index (χ2v) is 9.29. The Labute approximate surface area is 231 Å². The van der Waals surface area contributed by atoms with Crippen molar-refractivity contribution in [2.75, 3.05) is 11.1 Å². The van der Waals surface area contributed by atoms with Crippen LogP contribution in [0.25, 0.3) is 5.69 Å². The number of carbonyl (C=O) groups is 2. The fourth-order valence-electron chi connectivity index (χ4n) is 3.63. The van der Waals surface area contributed by atoms with Crippen molar-refractivity contribution in [1.82, 2.24) is 20.1 Å². The minimum Gasteiger partial charge on any atom is -0.345 e. The first-order valence-corrected chi connectivity index (χ1v) is 12.6. The Morgan fingerprint density at radius 1 is 0.854 bits per heavy atom. The third-order valence-electron chi connectivity index (χ3n) is 5.48. The van der Waals surface area contributed by atoms with Crippen LogP contribution in [0.15, 0.2) is 78.0 Å². The molecule has 3 aromatic carbocycles. The van der Waals surface area contributed by atoms with E-state index in [-0.39, 0.29) is 22.4 Å². The molecule has 0 radical (unpaired) electrons. The Morgan fingerprint density at radius 3 is 2.24 bits per heavy atom. The van der Waals surface area contributed by atoms with E-state index in [4.69, 9.17) is 0 Å². The van der Waals surface area contributed by atoms with E-state index < -0.39 is 53.2 Å². The van der Waals surface area contributed by atoms with Gasteiger partial charge in [-0.15, -0.1) is 10.2 Å². The predicted octanol–water partition coefficient (Wildman–Crippen LogP) is 6.10. The van der Waals surface area contributed by atoms with Crippen molar-refractivity contribution in [3.8, 4) is 5.69 Å². The maximum atomic E-state index is 13.4. The number of thioether (sulfide) groups is 1. The average molecular weight is 598 g/mol. The van der Waals surface area contributed by atoms with Crippen molar-refractivity contribution in [1.29, 1.82) is 0 Å². The average Bonchev–Trinajstić information content (AvgIpc) is 3.34. The van der Waals surface area contributed by atoms with Gasteiger partial charge in [0.05, 0.1) is 34.7 Å². The molecular formula is C26H18F7N5O2S. The first-order valence-electron chi connectivity index (χ1n) is 11.6. The van der Waals surface area contributed by atoms with Crippen molar-refractivity contribution in [3.05, 3.63) is 101 Å². The molecule has 0 aliphatic heterocycles. The topological polar surface area (TPSA) is 88.9 Å². The van der Waals surface area contributed by atoms with Crippen LogP contribution in [0.5, 0.6) is 0 Å². The molecule has 0 saturated carbocycles. The standard InChI is InChI=1S/C26H18F7N5O2S/c27-16-8-10-17(11-9-16)35-22(39)14-41-24-37-36-21(38(24)18-5-3-4-15(12-18)25(28,29)30)13-34-23(40)19-6-1-2-7-20(19)26(31,32)33/h1-12H,13-14H2,(H,34,40)(H,35,39). The van der Waals surface area contributed by atoms with Crippen molar-refractivity contribution < 1.29 is 40.3 Å². The van der Waals surface area contributed by atoms with Crippen LogP contribution in [0.2, 0.25) is 0 Å². The predicted molar refractivity (Wildman–Crippen MR) is 135 cm³/mol. The number of hydrogen-bond donors (Lipinski definition) is 2. The molecule has 0 aliphatic carbocycles. The highest BCUT2D eigenvalue weighted by atomic mass is 32.2. The first kappa shape index (κ1) is 29.6. The van der Waals surface area contributed by atoms with Gasteiger partial charge in [0.25, 0.3) is 5.91 Å². The van der Waals surface area contributed by atoms with Gasteiger partial charge in [0.1, 0.15) is 5.82 Å². The lowest BCUT2D eigenvalue weighted by Crippen LogP contribution is -2.27. The summed E-state index contributed by atoms with van der Waals surface area (Å²) in [5, 5.41) is 12.6. The molecule has 0 atom stereocenters. The number of aromatic nitrogens is 3. The van der Waals surface area contributed by atoms with Gasteiger partial charge in [0, 0.05) is 5.69 Å². The molecule has 0 fully saturated rings. The Hall–Kier alpha value is -4.40. The van der Waals surface area contributed by atoms with Crippen LogP contribution in [0.1, 0.15) is 27.3 Å². The maximum Gasteiger partial charge on any atom is 0.417 e. The molecule has 2 N–H and O–H groups in total. The summed E-state index contributed by atoms with van der Waals surface area (Å²) in [6, 6.07) is 13.1. The maximum absolute atomic E-state index is 13.4. The number of benzene rings is 3. The monoisotopic (exact) mass is 597 g/mol. The van der Waals surface area contributed by atoms with Crippen LogP contribution in [-0.4, -0.2) is 32.3 Å². The molecular weight excluding hydrogens is 579 g/mol. The number of alkyl halides is 6. The zero-order valence-electron chi connectivity index (χ0n) is 20.6. The van der Waals surface area contributed by atoms with Crippen LogP contribution in [-0.2, 0) is 23.7 Å². The zero-order chi connectivity index (χ0) is 29.8. The second-order valence-electron chi connectivity index (χ2n) is 8.35. The lowest BCUT2D eigenvalue weighted by molar-refractivity contribution is -0.138. The van der Waals surface area contributed by atoms with Crippen LogP contribution in [0.4, 0.5) is 36.4 Å². The van der Waals surface area contributed by atoms with E-state index in [0.717, 1.165) is 64.9 Å². The smallest absolute Gasteiger partial charge is 0.345 e. The zero-order valence-corrected chi connectivity index (χ0v) is 21.4. The number of rotatable bonds is 8. The Kier molecular flexibility index (Phi) is 8.66. The number of hydrogen-bond acceptors (Lipinski definition) is 5. The van der Waals surface area contributed by atoms with Gasteiger partial charge in [-0.3, -0.25) is 14.2 Å². The van der Waals surface area contributed by atoms with E-state index in [2.05, 4.69) is 20.8 Å². The molecule has 41 heavy (non-hydrogen) atoms. The number of amides is 2. The van der Waals surface area contributed by atoms with Gasteiger partial charge in [-0.05, 0) is 54.6 Å². The van der Waals surface area contributed by atoms with Gasteiger partial charge < -0.3 is 10.6 Å². The van der Waals surface area contributed by atoms with Gasteiger partial charge in [-0.2, -0.15) is 26.3 Å². The van der Waals surface area contributed by atoms with Crippen LogP contribution in [0, 0.1) is 5.82 Å². The quantitative estimate of drug-likeness (QED) is 0.189. The first-order chi connectivity index (χ1) is 19.3. The molecule has 4 rings (SSSR count). The summed E-state index contributed by atoms with van der Waals surface area (Å²) < 4.78 is 94.5. The molecule has 7 nitrogen and oxygen atoms in total. The van der Waals surface area contributed by atoms with Crippen molar-refractivity contribution in [2.45, 2.75) is 24.1 Å². The molecule has 15 heteroatoms. The summed E-state index contributed by atoms with van der Waals surface area (Å²) >= 11 is 0.804. The van der Waals surface area contributed by atoms with Gasteiger partial charge in [0.15, 0.2) is 11.0 Å². The van der Waals surface area contributed by atoms with Crippen molar-refractivity contribution in [3.63, 3.8) is 0 Å². The largest absolute Gasteiger partial charge is 0.417 e. The molecule has 0 spiro atoms. The van der Waals surface area contributed by atoms with E-state index in [1.165, 1.54) is 24.3 Å². The Bertz CT molecular complexity index is 1550. The van der Waals surface area contributed by atoms with Gasteiger partial charge in [0.2, 0.25) is 5.91 Å². The molecule has 0 bridgehead atoms. The summed E-state index contributed by atoms with van der Waals surface area (Å²) in [5.74, 6) is -2.53. The lowest BCUT2D eigenvalue weighted by atomic mass is 10.1. The van der Waals surface area contributed by atoms with Crippen LogP contribution < -0.4 is 10.6 Å². The summed E-state index contributed by atoms with van der Waals surface area (Å²) in [6.45, 7) is -0.503. The highest BCUT2D eigenvalue weighted by molar-refractivity contribution is 7.99. The second kappa shape index (κ2) is 12.0. The number of nitrogens with one attached hydrogen (secondary N) is 2. The third-order valence-corrected chi connectivity index (χ3v) is 6.41. The molecule has 0 aliphatic rings. The molecule has 1 aromatic heterocycles. The number of halogens is 7. The molecule has 0 saturated heterocycles. The molecule has 2 amide bonds. The fraction of sp³-hybridized carbons (Fsp3) is 0.154.